The monoisotopic (exact) mass is 476 g/mol. The topological polar surface area (TPSA) is 26.0 Å². The van der Waals surface area contributed by atoms with Crippen molar-refractivity contribution in [1.29, 1.82) is 0 Å². The molecule has 0 atom stereocenters. The van der Waals surface area contributed by atoms with Gasteiger partial charge in [0.15, 0.2) is 0 Å². The highest BCUT2D eigenvalue weighted by Gasteiger charge is 2.24. The minimum atomic E-state index is -1.66. The molecule has 3 heteroatoms. The first-order valence-corrected chi connectivity index (χ1v) is 15.7. The summed E-state index contributed by atoms with van der Waals surface area (Å²) in [4.78, 5) is 4.93. The molecule has 0 N–H and O–H groups in total. The van der Waals surface area contributed by atoms with Crippen molar-refractivity contribution in [3.8, 4) is 33.7 Å². The fourth-order valence-electron chi connectivity index (χ4n) is 4.87. The molecule has 0 fully saturated rings. The van der Waals surface area contributed by atoms with Crippen LogP contribution in [0.15, 0.2) is 89.5 Å². The van der Waals surface area contributed by atoms with Gasteiger partial charge in [0, 0.05) is 29.6 Å². The van der Waals surface area contributed by atoms with E-state index in [4.69, 9.17) is 10.8 Å². The number of nitrogens with zero attached hydrogens (tertiary/aromatic N) is 1. The third-order valence-electron chi connectivity index (χ3n) is 6.70. The number of furan rings is 1. The fourth-order valence-corrected chi connectivity index (χ4v) is 6.45. The third-order valence-corrected chi connectivity index (χ3v) is 8.71. The average Bonchev–Trinajstić information content (AvgIpc) is 3.19. The largest absolute Gasteiger partial charge is 0.456 e. The number of aromatic nitrogens is 1. The van der Waals surface area contributed by atoms with Crippen LogP contribution in [-0.2, 0) is 0 Å². The maximum absolute atomic E-state index is 8.86. The Hall–Kier alpha value is -3.43. The second-order valence-electron chi connectivity index (χ2n) is 10.6. The molecule has 35 heavy (non-hydrogen) atoms. The zero-order valence-electron chi connectivity index (χ0n) is 22.4. The highest BCUT2D eigenvalue weighted by Crippen LogP contribution is 2.41. The van der Waals surface area contributed by atoms with Crippen molar-refractivity contribution < 1.29 is 5.79 Å². The molecule has 0 saturated carbocycles. The van der Waals surface area contributed by atoms with Crippen LogP contribution in [0.25, 0.3) is 44.7 Å². The summed E-state index contributed by atoms with van der Waals surface area (Å²) >= 11 is 0. The van der Waals surface area contributed by atoms with E-state index in [1.54, 1.807) is 0 Å². The van der Waals surface area contributed by atoms with E-state index in [0.717, 1.165) is 55.8 Å². The van der Waals surface area contributed by atoms with Gasteiger partial charge in [0.05, 0.1) is 13.8 Å². The zero-order chi connectivity index (χ0) is 25.7. The van der Waals surface area contributed by atoms with E-state index in [9.17, 15) is 0 Å². The highest BCUT2D eigenvalue weighted by molar-refractivity contribution is 6.89. The van der Waals surface area contributed by atoms with Crippen LogP contribution in [0.3, 0.4) is 0 Å². The van der Waals surface area contributed by atoms with Crippen LogP contribution in [0, 0.1) is 6.92 Å². The number of hydrogen-bond donors (Lipinski definition) is 0. The zero-order valence-corrected chi connectivity index (χ0v) is 22.4. The van der Waals surface area contributed by atoms with Crippen molar-refractivity contribution >= 4 is 24.2 Å². The minimum Gasteiger partial charge on any atom is -0.456 e. The number of hydrogen-bond acceptors (Lipinski definition) is 2. The molecule has 5 rings (SSSR count). The van der Waals surface area contributed by atoms with Gasteiger partial charge >= 0.3 is 0 Å². The smallest absolute Gasteiger partial charge is 0.138 e. The third kappa shape index (κ3) is 4.37. The predicted molar refractivity (Wildman–Crippen MR) is 152 cm³/mol. The lowest BCUT2D eigenvalue weighted by Gasteiger charge is -2.23. The van der Waals surface area contributed by atoms with E-state index in [0.29, 0.717) is 0 Å². The van der Waals surface area contributed by atoms with Crippen LogP contribution in [-0.4, -0.2) is 13.1 Å². The first-order chi connectivity index (χ1) is 17.0. The van der Waals surface area contributed by atoms with Gasteiger partial charge in [-0.05, 0) is 52.9 Å². The van der Waals surface area contributed by atoms with Gasteiger partial charge in [-0.15, -0.1) is 0 Å². The van der Waals surface area contributed by atoms with Gasteiger partial charge in [-0.1, -0.05) is 94.2 Å². The quantitative estimate of drug-likeness (QED) is 0.237. The van der Waals surface area contributed by atoms with E-state index in [1.807, 2.05) is 44.3 Å². The van der Waals surface area contributed by atoms with Crippen LogP contribution in [0.5, 0.6) is 0 Å². The molecule has 0 bridgehead atoms. The summed E-state index contributed by atoms with van der Waals surface area (Å²) in [5.41, 5.74) is 8.28. The summed E-state index contributed by atoms with van der Waals surface area (Å²) in [5.74, 6) is 0.191. The van der Waals surface area contributed by atoms with E-state index in [1.165, 1.54) is 5.19 Å². The van der Waals surface area contributed by atoms with Crippen molar-refractivity contribution in [2.75, 3.05) is 0 Å². The molecule has 0 amide bonds. The molecule has 0 unspecified atom stereocenters. The normalized spacial score (nSPS) is 12.7. The Morgan fingerprint density at radius 1 is 0.829 bits per heavy atom. The molecule has 3 aromatic carbocycles. The Bertz CT molecular complexity index is 1540. The first-order valence-electron chi connectivity index (χ1n) is 12.7. The van der Waals surface area contributed by atoms with Crippen molar-refractivity contribution in [3.63, 3.8) is 0 Å². The fraction of sp³-hybridized carbons (Fsp3) is 0.219. The van der Waals surface area contributed by atoms with Gasteiger partial charge in [0.1, 0.15) is 11.3 Å². The highest BCUT2D eigenvalue weighted by atomic mass is 28.3. The predicted octanol–water partition coefficient (Wildman–Crippen LogP) is 8.81. The molecule has 0 spiro atoms. The Morgan fingerprint density at radius 2 is 1.46 bits per heavy atom. The summed E-state index contributed by atoms with van der Waals surface area (Å²) < 4.78 is 15.4. The summed E-state index contributed by atoms with van der Waals surface area (Å²) in [6.07, 6.45) is 2.02. The number of fused-ring (bicyclic) bond motifs is 1. The van der Waals surface area contributed by atoms with E-state index >= 15 is 0 Å². The van der Waals surface area contributed by atoms with Crippen LogP contribution in [0.2, 0.25) is 19.6 Å². The van der Waals surface area contributed by atoms with Crippen molar-refractivity contribution in [2.45, 2.75) is 46.3 Å². The molecule has 2 heterocycles. The minimum absolute atomic E-state index is 0.707. The lowest BCUT2D eigenvalue weighted by Crippen LogP contribution is -2.40. The van der Waals surface area contributed by atoms with Crippen LogP contribution in [0.4, 0.5) is 0 Å². The van der Waals surface area contributed by atoms with E-state index in [2.05, 4.69) is 81.2 Å². The summed E-state index contributed by atoms with van der Waals surface area (Å²) in [6, 6.07) is 27.2. The van der Waals surface area contributed by atoms with Gasteiger partial charge in [0.2, 0.25) is 0 Å². The summed E-state index contributed by atoms with van der Waals surface area (Å²) in [5, 5.41) is 2.37. The molecule has 0 radical (unpaired) electrons. The lowest BCUT2D eigenvalue weighted by atomic mass is 9.94. The summed E-state index contributed by atoms with van der Waals surface area (Å²) in [6.45, 7) is 13.0. The van der Waals surface area contributed by atoms with Gasteiger partial charge in [-0.3, -0.25) is 4.98 Å². The SMILES string of the molecule is [2H]C(C)(C)c1cc(-c2cc(-c3ccccc3)c3c(C)c(-c4ccccc4)oc3c2)ncc1[Si](C)(C)C. The lowest BCUT2D eigenvalue weighted by molar-refractivity contribution is 0.629. The van der Waals surface area contributed by atoms with Gasteiger partial charge in [0.25, 0.3) is 0 Å². The molecule has 2 aromatic heterocycles. The van der Waals surface area contributed by atoms with Gasteiger partial charge in [-0.2, -0.15) is 0 Å². The molecule has 0 saturated heterocycles. The summed E-state index contributed by atoms with van der Waals surface area (Å²) in [7, 11) is -1.66. The Labute approximate surface area is 211 Å². The van der Waals surface area contributed by atoms with Crippen LogP contribution < -0.4 is 5.19 Å². The molecule has 0 aliphatic rings. The Morgan fingerprint density at radius 3 is 2.06 bits per heavy atom. The number of pyridine rings is 1. The number of benzene rings is 3. The second-order valence-corrected chi connectivity index (χ2v) is 15.6. The van der Waals surface area contributed by atoms with Crippen molar-refractivity contribution in [2.24, 2.45) is 0 Å². The standard InChI is InChI=1S/C32H33NOSi/c1-21(2)26-19-28(33-20-30(26)35(4,5)6)25-17-27(23-13-9-7-10-14-23)31-22(3)32(34-29(31)18-25)24-15-11-8-12-16-24/h7-21H,1-6H3/i21D. The Balaban J connectivity index is 1.79. The molecule has 2 nitrogen and oxygen atoms in total. The second kappa shape index (κ2) is 8.97. The molecule has 5 aromatic rings. The molecular formula is C32H33NOSi. The maximum atomic E-state index is 8.86. The number of aryl methyl sites for hydroxylation is 1. The van der Waals surface area contributed by atoms with Crippen LogP contribution in [0.1, 0.15) is 32.2 Å². The maximum Gasteiger partial charge on any atom is 0.138 e. The first kappa shape index (κ1) is 22.1. The van der Waals surface area contributed by atoms with Crippen LogP contribution >= 0.6 is 0 Å². The van der Waals surface area contributed by atoms with Gasteiger partial charge in [-0.25, -0.2) is 0 Å². The van der Waals surface area contributed by atoms with Crippen molar-refractivity contribution in [3.05, 3.63) is 96.2 Å². The number of rotatable bonds is 5. The van der Waals surface area contributed by atoms with Crippen molar-refractivity contribution in [1.82, 2.24) is 4.98 Å². The van der Waals surface area contributed by atoms with E-state index in [-0.39, 0.29) is 0 Å². The van der Waals surface area contributed by atoms with E-state index < -0.39 is 14.0 Å². The average molecular weight is 477 g/mol. The van der Waals surface area contributed by atoms with Gasteiger partial charge < -0.3 is 4.42 Å². The molecule has 0 aliphatic carbocycles. The Kier molecular flexibility index (Phi) is 5.66. The molecule has 0 aliphatic heterocycles. The molecule has 176 valence electrons. The molecular weight excluding hydrogens is 442 g/mol.